The Bertz CT molecular complexity index is 624. The average molecular weight is 443 g/mol. The van der Waals surface area contributed by atoms with Crippen molar-refractivity contribution in [1.29, 1.82) is 0 Å². The molecule has 0 aliphatic rings. The summed E-state index contributed by atoms with van der Waals surface area (Å²) in [5, 5.41) is 2.64. The highest BCUT2D eigenvalue weighted by Crippen LogP contribution is 2.33. The third-order valence-electron chi connectivity index (χ3n) is 2.52. The van der Waals surface area contributed by atoms with Crippen LogP contribution < -0.4 is 11.1 Å². The fraction of sp³-hybridized carbons (Fsp3) is 0.417. The van der Waals surface area contributed by atoms with E-state index in [9.17, 15) is 13.2 Å². The van der Waals surface area contributed by atoms with Crippen LogP contribution in [0.25, 0.3) is 0 Å². The first kappa shape index (κ1) is 18.4. The molecular formula is C12H17Br2N3O3S. The lowest BCUT2D eigenvalue weighted by atomic mass is 10.3. The molecule has 0 saturated carbocycles. The van der Waals surface area contributed by atoms with Gasteiger partial charge in [-0.1, -0.05) is 15.9 Å². The zero-order valence-corrected chi connectivity index (χ0v) is 15.8. The predicted octanol–water partition coefficient (Wildman–Crippen LogP) is 1.94. The lowest BCUT2D eigenvalue weighted by molar-refractivity contribution is -0.121. The fourth-order valence-corrected chi connectivity index (χ4v) is 4.80. The van der Waals surface area contributed by atoms with Crippen molar-refractivity contribution in [3.8, 4) is 0 Å². The molecule has 0 aromatic heterocycles. The number of anilines is 1. The van der Waals surface area contributed by atoms with Crippen molar-refractivity contribution >= 4 is 53.5 Å². The summed E-state index contributed by atoms with van der Waals surface area (Å²) in [6.45, 7) is 3.33. The zero-order valence-electron chi connectivity index (χ0n) is 11.9. The lowest BCUT2D eigenvalue weighted by Crippen LogP contribution is -2.41. The molecule has 118 valence electrons. The van der Waals surface area contributed by atoms with Crippen molar-refractivity contribution in [3.63, 3.8) is 0 Å². The standard InChI is InChI=1S/C12H17Br2N3O3S/c1-7(2)16-11(18)6-17(3)21(19,20)12-9(14)4-8(13)5-10(12)15/h4-5,7H,6,15H2,1-3H3,(H,16,18). The minimum Gasteiger partial charge on any atom is -0.398 e. The molecular weight excluding hydrogens is 426 g/mol. The van der Waals surface area contributed by atoms with Crippen LogP contribution >= 0.6 is 31.9 Å². The van der Waals surface area contributed by atoms with E-state index in [4.69, 9.17) is 5.73 Å². The third kappa shape index (κ3) is 4.67. The number of nitrogens with one attached hydrogen (secondary N) is 1. The third-order valence-corrected chi connectivity index (χ3v) is 5.79. The van der Waals surface area contributed by atoms with Gasteiger partial charge in [0.25, 0.3) is 0 Å². The van der Waals surface area contributed by atoms with E-state index < -0.39 is 10.0 Å². The van der Waals surface area contributed by atoms with Crippen LogP contribution in [0.2, 0.25) is 0 Å². The Balaban J connectivity index is 3.09. The van der Waals surface area contributed by atoms with Gasteiger partial charge >= 0.3 is 0 Å². The van der Waals surface area contributed by atoms with Gasteiger partial charge in [0.1, 0.15) is 4.90 Å². The quantitative estimate of drug-likeness (QED) is 0.681. The summed E-state index contributed by atoms with van der Waals surface area (Å²) >= 11 is 6.43. The maximum atomic E-state index is 12.5. The maximum Gasteiger partial charge on any atom is 0.246 e. The van der Waals surface area contributed by atoms with Crippen LogP contribution in [0.4, 0.5) is 5.69 Å². The van der Waals surface area contributed by atoms with Gasteiger partial charge < -0.3 is 11.1 Å². The topological polar surface area (TPSA) is 92.5 Å². The number of nitrogens with zero attached hydrogens (tertiary/aromatic N) is 1. The number of benzene rings is 1. The molecule has 0 spiro atoms. The highest BCUT2D eigenvalue weighted by atomic mass is 79.9. The number of likely N-dealkylation sites (N-methyl/N-ethyl adjacent to an activating group) is 1. The van der Waals surface area contributed by atoms with Crippen LogP contribution in [0.5, 0.6) is 0 Å². The van der Waals surface area contributed by atoms with Gasteiger partial charge in [0, 0.05) is 22.0 Å². The van der Waals surface area contributed by atoms with Crippen LogP contribution in [-0.4, -0.2) is 38.3 Å². The molecule has 0 heterocycles. The van der Waals surface area contributed by atoms with E-state index in [1.54, 1.807) is 19.9 Å². The van der Waals surface area contributed by atoms with E-state index in [-0.39, 0.29) is 29.1 Å². The molecule has 0 radical (unpaired) electrons. The Labute approximate surface area is 141 Å². The van der Waals surface area contributed by atoms with E-state index in [1.807, 2.05) is 0 Å². The molecule has 21 heavy (non-hydrogen) atoms. The van der Waals surface area contributed by atoms with Crippen molar-refractivity contribution in [1.82, 2.24) is 9.62 Å². The van der Waals surface area contributed by atoms with Crippen LogP contribution in [0, 0.1) is 0 Å². The Morgan fingerprint density at radius 1 is 1.38 bits per heavy atom. The minimum atomic E-state index is -3.87. The van der Waals surface area contributed by atoms with Gasteiger partial charge in [-0.15, -0.1) is 0 Å². The largest absolute Gasteiger partial charge is 0.398 e. The zero-order chi connectivity index (χ0) is 16.4. The van der Waals surface area contributed by atoms with Crippen LogP contribution in [0.1, 0.15) is 13.8 Å². The summed E-state index contributed by atoms with van der Waals surface area (Å²) in [5.74, 6) is -0.372. The normalized spacial score (nSPS) is 12.0. The molecule has 1 amide bonds. The van der Waals surface area contributed by atoms with E-state index in [2.05, 4.69) is 37.2 Å². The number of nitrogen functional groups attached to an aromatic ring is 1. The summed E-state index contributed by atoms with van der Waals surface area (Å²) in [6, 6.07) is 3.03. The molecule has 6 nitrogen and oxygen atoms in total. The number of amides is 1. The van der Waals surface area contributed by atoms with E-state index >= 15 is 0 Å². The monoisotopic (exact) mass is 441 g/mol. The van der Waals surface area contributed by atoms with E-state index in [0.717, 1.165) is 4.31 Å². The Hall–Kier alpha value is -0.640. The van der Waals surface area contributed by atoms with E-state index in [1.165, 1.54) is 13.1 Å². The first-order valence-electron chi connectivity index (χ1n) is 6.06. The molecule has 0 saturated heterocycles. The molecule has 0 bridgehead atoms. The van der Waals surface area contributed by atoms with Crippen molar-refractivity contribution in [3.05, 3.63) is 21.1 Å². The number of sulfonamides is 1. The molecule has 0 aliphatic heterocycles. The number of halogens is 2. The van der Waals surface area contributed by atoms with Crippen LogP contribution in [0.3, 0.4) is 0 Å². The second-order valence-electron chi connectivity index (χ2n) is 4.79. The summed E-state index contributed by atoms with van der Waals surface area (Å²) in [4.78, 5) is 11.6. The second kappa shape index (κ2) is 7.08. The van der Waals surface area contributed by atoms with Gasteiger partial charge in [0.2, 0.25) is 15.9 Å². The van der Waals surface area contributed by atoms with Crippen molar-refractivity contribution in [2.75, 3.05) is 19.3 Å². The van der Waals surface area contributed by atoms with Crippen molar-refractivity contribution < 1.29 is 13.2 Å². The molecule has 0 atom stereocenters. The molecule has 1 rings (SSSR count). The summed E-state index contributed by atoms with van der Waals surface area (Å²) in [5.41, 5.74) is 5.90. The SMILES string of the molecule is CC(C)NC(=O)CN(C)S(=O)(=O)c1c(N)cc(Br)cc1Br. The van der Waals surface area contributed by atoms with Gasteiger partial charge in [-0.3, -0.25) is 4.79 Å². The Kier molecular flexibility index (Phi) is 6.21. The van der Waals surface area contributed by atoms with Gasteiger partial charge in [-0.25, -0.2) is 8.42 Å². The molecule has 0 unspecified atom stereocenters. The fourth-order valence-electron chi connectivity index (χ4n) is 1.66. The molecule has 1 aromatic carbocycles. The molecule has 1 aromatic rings. The van der Waals surface area contributed by atoms with Crippen LogP contribution in [-0.2, 0) is 14.8 Å². The first-order valence-corrected chi connectivity index (χ1v) is 9.08. The molecule has 9 heteroatoms. The number of hydrogen-bond acceptors (Lipinski definition) is 4. The number of carbonyl (C=O) groups is 1. The smallest absolute Gasteiger partial charge is 0.246 e. The number of rotatable bonds is 5. The highest BCUT2D eigenvalue weighted by Gasteiger charge is 2.28. The first-order chi connectivity index (χ1) is 9.55. The Morgan fingerprint density at radius 3 is 2.43 bits per heavy atom. The van der Waals surface area contributed by atoms with Gasteiger partial charge in [-0.05, 0) is 41.9 Å². The average Bonchev–Trinajstić information content (AvgIpc) is 2.24. The van der Waals surface area contributed by atoms with E-state index in [0.29, 0.717) is 8.95 Å². The number of carbonyl (C=O) groups excluding carboxylic acids is 1. The molecule has 0 aliphatic carbocycles. The van der Waals surface area contributed by atoms with Gasteiger partial charge in [0.15, 0.2) is 0 Å². The minimum absolute atomic E-state index is 0.0504. The summed E-state index contributed by atoms with van der Waals surface area (Å²) in [7, 11) is -2.53. The highest BCUT2D eigenvalue weighted by molar-refractivity contribution is 9.11. The van der Waals surface area contributed by atoms with Gasteiger partial charge in [0.05, 0.1) is 12.2 Å². The number of nitrogens with two attached hydrogens (primary N) is 1. The summed E-state index contributed by atoms with van der Waals surface area (Å²) in [6.07, 6.45) is 0. The van der Waals surface area contributed by atoms with Crippen molar-refractivity contribution in [2.24, 2.45) is 0 Å². The lowest BCUT2D eigenvalue weighted by Gasteiger charge is -2.20. The number of hydrogen-bond donors (Lipinski definition) is 2. The van der Waals surface area contributed by atoms with Crippen LogP contribution in [0.15, 0.2) is 26.0 Å². The summed E-state index contributed by atoms with van der Waals surface area (Å²) < 4.78 is 27.0. The predicted molar refractivity (Wildman–Crippen MR) is 89.3 cm³/mol. The van der Waals surface area contributed by atoms with Gasteiger partial charge in [-0.2, -0.15) is 4.31 Å². The second-order valence-corrected chi connectivity index (χ2v) is 8.54. The Morgan fingerprint density at radius 2 is 1.95 bits per heavy atom. The maximum absolute atomic E-state index is 12.5. The molecule has 0 fully saturated rings. The van der Waals surface area contributed by atoms with Crippen molar-refractivity contribution in [2.45, 2.75) is 24.8 Å². The molecule has 3 N–H and O–H groups in total.